The van der Waals surface area contributed by atoms with E-state index < -0.39 is 0 Å². The van der Waals surface area contributed by atoms with Gasteiger partial charge in [0.2, 0.25) is 0 Å². The molecular formula is C137H91N11OS. The Morgan fingerprint density at radius 3 is 1.67 bits per heavy atom. The summed E-state index contributed by atoms with van der Waals surface area (Å²) in [7, 11) is 0. The number of benzene rings is 17. The molecule has 13 heteroatoms. The van der Waals surface area contributed by atoms with Crippen LogP contribution in [-0.2, 0) is 5.41 Å². The maximum atomic E-state index is 6.37. The number of aromatic nitrogens is 9. The van der Waals surface area contributed by atoms with Crippen LogP contribution < -0.4 is 14.5 Å². The van der Waals surface area contributed by atoms with E-state index in [0.29, 0.717) is 0 Å². The van der Waals surface area contributed by atoms with Gasteiger partial charge >= 0.3 is 0 Å². The normalized spacial score (nSPS) is 14.3. The van der Waals surface area contributed by atoms with Crippen LogP contribution in [0.5, 0.6) is 5.75 Å². The molecule has 2 aliphatic carbocycles. The van der Waals surface area contributed by atoms with E-state index in [1.165, 1.54) is 142 Å². The standard InChI is InChI=1S/C52H32N4S.C51H36N4.C34H23N3O/c1-3-14-34(15-4-1)44-31-54-50(32-53-44)56-46-22-12-10-20-41(46)51-48(56)30-42(40-26-25-39-37-18-8-7-13-33(37)24-28-49(39)57-52(40)51)35-23-27-47-43(29-35)38-19-9-11-21-45(38)55(47)36-16-5-2-6-17-36;1-51(2)42-21-9-8-20-38(42)39-27-28-45-47(48(39)51)40-29-31-54(36-18-12-17-35(32-36)33-14-4-3-5-15-33)49(40)41-26-25-34-16-6-7-19-37(34)50(41)55(45)46-24-13-23-44(53-46)43-22-10-11-30-52-43;1-2-9-25-22(8-1)15-16-23-17-18-24-20-32-27(26-10-3-4-13-31(26)38-32)21-30(24)37(34(23)25)33-14-7-12-29(36-33)28-11-5-6-19-35-28/h1-32H;3-32H,1-2H3;1-21,26,31H. The molecule has 2 unspecified atom stereocenters. The largest absolute Gasteiger partial charge is 0.485 e. The van der Waals surface area contributed by atoms with E-state index in [1.54, 1.807) is 0 Å². The first kappa shape index (κ1) is 87.4. The molecule has 0 radical (unpaired) electrons. The lowest BCUT2D eigenvalue weighted by atomic mass is 9.78. The van der Waals surface area contributed by atoms with Gasteiger partial charge < -0.3 is 13.9 Å². The Labute approximate surface area is 870 Å². The molecule has 0 amide bonds. The van der Waals surface area contributed by atoms with E-state index in [4.69, 9.17) is 29.7 Å². The quantitative estimate of drug-likeness (QED) is 0.131. The van der Waals surface area contributed by atoms with Crippen molar-refractivity contribution in [2.75, 3.05) is 9.80 Å². The van der Waals surface area contributed by atoms with Gasteiger partial charge in [-0.2, -0.15) is 0 Å². The Kier molecular flexibility index (Phi) is 20.8. The number of para-hydroxylation sites is 3. The van der Waals surface area contributed by atoms with Crippen molar-refractivity contribution >= 4 is 146 Å². The molecule has 0 bridgehead atoms. The van der Waals surface area contributed by atoms with E-state index >= 15 is 0 Å². The summed E-state index contributed by atoms with van der Waals surface area (Å²) in [5.74, 6) is 3.64. The van der Waals surface area contributed by atoms with Gasteiger partial charge in [0.25, 0.3) is 0 Å². The number of rotatable bonds is 10. The van der Waals surface area contributed by atoms with Crippen LogP contribution in [0.15, 0.2) is 490 Å². The smallest absolute Gasteiger partial charge is 0.156 e. The molecule has 12 nitrogen and oxygen atoms in total. The van der Waals surface area contributed by atoms with Crippen molar-refractivity contribution in [2.45, 2.75) is 41.1 Å². The van der Waals surface area contributed by atoms with Crippen molar-refractivity contribution in [1.82, 2.24) is 43.6 Å². The highest BCUT2D eigenvalue weighted by atomic mass is 32.2. The number of hydrogen-bond acceptors (Lipinski definition) is 10. The molecular weight excluding hydrogens is 1850 g/mol. The third-order valence-electron chi connectivity index (χ3n) is 30.6. The van der Waals surface area contributed by atoms with Crippen LogP contribution in [0.1, 0.15) is 58.7 Å². The predicted molar refractivity (Wildman–Crippen MR) is 619 cm³/mol. The van der Waals surface area contributed by atoms with Crippen LogP contribution in [0, 0.1) is 0 Å². The zero-order valence-corrected chi connectivity index (χ0v) is 82.6. The van der Waals surface area contributed by atoms with Gasteiger partial charge in [0, 0.05) is 117 Å². The van der Waals surface area contributed by atoms with Crippen molar-refractivity contribution in [2.24, 2.45) is 0 Å². The summed E-state index contributed by atoms with van der Waals surface area (Å²) in [6, 6.07) is 152. The predicted octanol–water partition coefficient (Wildman–Crippen LogP) is 35.2. The number of pyridine rings is 4. The number of hydrogen-bond donors (Lipinski definition) is 0. The van der Waals surface area contributed by atoms with Gasteiger partial charge in [-0.15, -0.1) is 0 Å². The van der Waals surface area contributed by atoms with E-state index in [2.05, 4.69) is 461 Å². The van der Waals surface area contributed by atoms with Crippen LogP contribution in [0.4, 0.5) is 34.4 Å². The minimum Gasteiger partial charge on any atom is -0.485 e. The van der Waals surface area contributed by atoms with Gasteiger partial charge in [0.15, 0.2) is 5.82 Å². The fraction of sp³-hybridized carbons (Fsp3) is 0.0365. The molecule has 0 saturated heterocycles. The average molecular weight is 1940 g/mol. The number of allylic oxidation sites excluding steroid dienone is 2. The zero-order chi connectivity index (χ0) is 99.2. The van der Waals surface area contributed by atoms with Gasteiger partial charge in [-0.3, -0.25) is 29.3 Å². The Balaban J connectivity index is 0.000000108. The number of fused-ring (bicyclic) bond motifs is 29. The Hall–Kier alpha value is -19.2. The third kappa shape index (κ3) is 14.4. The van der Waals surface area contributed by atoms with Crippen molar-refractivity contribution < 1.29 is 4.74 Å². The minimum absolute atomic E-state index is 0.0391. The van der Waals surface area contributed by atoms with Crippen molar-refractivity contribution in [1.29, 1.82) is 0 Å². The summed E-state index contributed by atoms with van der Waals surface area (Å²) in [4.78, 5) is 37.1. The Morgan fingerprint density at radius 2 is 0.927 bits per heavy atom. The van der Waals surface area contributed by atoms with Crippen molar-refractivity contribution in [3.63, 3.8) is 0 Å². The van der Waals surface area contributed by atoms with Gasteiger partial charge in [0.05, 0.1) is 91.4 Å². The van der Waals surface area contributed by atoms with Crippen LogP contribution in [-0.4, -0.2) is 49.7 Å². The summed E-state index contributed by atoms with van der Waals surface area (Å²) in [5.41, 5.74) is 36.9. The van der Waals surface area contributed by atoms with Gasteiger partial charge in [-0.25, -0.2) is 15.0 Å². The zero-order valence-electron chi connectivity index (χ0n) is 81.8. The van der Waals surface area contributed by atoms with Gasteiger partial charge in [0.1, 0.15) is 23.5 Å². The maximum absolute atomic E-state index is 6.37. The lowest BCUT2D eigenvalue weighted by Crippen LogP contribution is -2.19. The lowest BCUT2D eigenvalue weighted by molar-refractivity contribution is 0.269. The summed E-state index contributed by atoms with van der Waals surface area (Å²) in [6.07, 6.45) is 27.4. The molecule has 0 N–H and O–H groups in total. The highest BCUT2D eigenvalue weighted by molar-refractivity contribution is 7.99. The molecule has 17 aromatic carbocycles. The fourth-order valence-corrected chi connectivity index (χ4v) is 25.1. The van der Waals surface area contributed by atoms with Crippen LogP contribution in [0.25, 0.3) is 207 Å². The molecule has 6 aliphatic rings. The highest BCUT2D eigenvalue weighted by Gasteiger charge is 2.43. The maximum Gasteiger partial charge on any atom is 0.156 e. The van der Waals surface area contributed by atoms with Crippen molar-refractivity contribution in [3.05, 3.63) is 519 Å². The molecule has 4 aliphatic heterocycles. The highest BCUT2D eigenvalue weighted by Crippen LogP contribution is 2.62. The van der Waals surface area contributed by atoms with E-state index in [0.717, 1.165) is 130 Å². The number of anilines is 6. The van der Waals surface area contributed by atoms with E-state index in [9.17, 15) is 0 Å². The second-order valence-corrected chi connectivity index (χ2v) is 40.5. The van der Waals surface area contributed by atoms with Crippen LogP contribution >= 0.6 is 11.8 Å². The van der Waals surface area contributed by atoms with Crippen molar-refractivity contribution in [3.8, 4) is 113 Å². The van der Waals surface area contributed by atoms with Gasteiger partial charge in [-0.05, 0) is 222 Å². The third-order valence-corrected chi connectivity index (χ3v) is 31.8. The van der Waals surface area contributed by atoms with Crippen LogP contribution in [0.2, 0.25) is 0 Å². The Bertz CT molecular complexity index is 9960. The first-order valence-corrected chi connectivity index (χ1v) is 51.9. The average Bonchev–Trinajstić information content (AvgIpc) is 1.53. The lowest BCUT2D eigenvalue weighted by Gasteiger charge is -2.31. The molecule has 150 heavy (non-hydrogen) atoms. The first-order chi connectivity index (χ1) is 74.2. The SMILES string of the molecule is C1=CC2Oc3cc4c(cc3C2C=C1)N(c1cccc(-c2ccccn2)n1)c1c(ccc2ccccc12)C=C4.C1=Cc2c(ccc3ccccc23)Sc2c1c(-c1ccc3c(c1)c1ccccc1n3-c1ccccc1)cc1c2c2ccccc2n1-c1cnc(-c2ccccc2)cn1.CC1(C)c2ccccc2-c2ccc3c(c21)-c1ccn(-c2cccc(-c4ccccc4)c2)c1-c1ccc2ccccc2c1N3c1cccc(-c2ccccn2)n1. The van der Waals surface area contributed by atoms with E-state index in [1.807, 2.05) is 97.2 Å². The fourth-order valence-electron chi connectivity index (χ4n) is 23.8. The number of nitrogens with zero attached hydrogens (tertiary/aromatic N) is 11. The molecule has 8 aromatic heterocycles. The molecule has 0 saturated carbocycles. The second-order valence-electron chi connectivity index (χ2n) is 39.4. The topological polar surface area (TPSA) is 108 Å². The summed E-state index contributed by atoms with van der Waals surface area (Å²) in [6.45, 7) is 4.77. The van der Waals surface area contributed by atoms with E-state index in [-0.39, 0.29) is 17.4 Å². The molecule has 2 atom stereocenters. The molecule has 12 heterocycles. The molecule has 31 rings (SSSR count). The molecule has 0 spiro atoms. The molecule has 25 aromatic rings. The summed E-state index contributed by atoms with van der Waals surface area (Å²) >= 11 is 1.87. The first-order valence-electron chi connectivity index (χ1n) is 51.1. The monoisotopic (exact) mass is 1940 g/mol. The summed E-state index contributed by atoms with van der Waals surface area (Å²) < 4.78 is 13.4. The van der Waals surface area contributed by atoms with Gasteiger partial charge in [-0.1, -0.05) is 359 Å². The molecule has 706 valence electrons. The van der Waals surface area contributed by atoms with Crippen LogP contribution in [0.3, 0.4) is 0 Å². The minimum atomic E-state index is -0.253. The number of ether oxygens (including phenoxy) is 1. The second kappa shape index (κ2) is 35.6. The molecule has 0 fully saturated rings. The Morgan fingerprint density at radius 1 is 0.333 bits per heavy atom. The summed E-state index contributed by atoms with van der Waals surface area (Å²) in [5, 5.41) is 12.1.